The molecule has 8 rings (SSSR count). The molecule has 6 aromatic carbocycles. The summed E-state index contributed by atoms with van der Waals surface area (Å²) in [6.07, 6.45) is 0. The predicted octanol–water partition coefficient (Wildman–Crippen LogP) is 11.5. The lowest BCUT2D eigenvalue weighted by Gasteiger charge is -2.28. The number of nitrogens with zero attached hydrogens (tertiary/aromatic N) is 1. The SMILES string of the molecule is COc1ccc(Cl)c2c1c1cc(C(C)(C)C)ccc1n2-c1ccc2cc3c(cc2c1)C(C)(c1ccccc1)c1cc(C)ccc1-3. The van der Waals surface area contributed by atoms with Gasteiger partial charge in [-0.3, -0.25) is 0 Å². The van der Waals surface area contributed by atoms with Crippen molar-refractivity contribution in [2.24, 2.45) is 0 Å². The van der Waals surface area contributed by atoms with Gasteiger partial charge in [-0.05, 0) is 112 Å². The standard InChI is InChI=1S/C42H36ClNO/c1-25-12-16-31-32-22-26-13-15-30(21-27(26)23-35(32)42(5,34(31)20-25)28-10-8-7-9-11-28)44-37-18-14-29(41(2,3)4)24-33(37)39-38(45-6)19-17-36(43)40(39)44/h7-24H,1-6H3. The summed E-state index contributed by atoms with van der Waals surface area (Å²) < 4.78 is 8.23. The molecule has 0 spiro atoms. The summed E-state index contributed by atoms with van der Waals surface area (Å²) in [6.45, 7) is 11.3. The smallest absolute Gasteiger partial charge is 0.128 e. The van der Waals surface area contributed by atoms with Crippen LogP contribution >= 0.6 is 11.6 Å². The Kier molecular flexibility index (Phi) is 6.05. The minimum Gasteiger partial charge on any atom is -0.496 e. The highest BCUT2D eigenvalue weighted by Gasteiger charge is 2.41. The minimum absolute atomic E-state index is 0.0132. The second-order valence-corrected chi connectivity index (χ2v) is 14.2. The number of hydrogen-bond donors (Lipinski definition) is 0. The van der Waals surface area contributed by atoms with Crippen LogP contribution in [0, 0.1) is 6.92 Å². The number of ether oxygens (including phenoxy) is 1. The molecule has 0 radical (unpaired) electrons. The first-order valence-electron chi connectivity index (χ1n) is 15.7. The Morgan fingerprint density at radius 1 is 0.733 bits per heavy atom. The van der Waals surface area contributed by atoms with Crippen molar-refractivity contribution in [1.82, 2.24) is 4.57 Å². The highest BCUT2D eigenvalue weighted by Crippen LogP contribution is 2.53. The molecule has 1 aromatic heterocycles. The predicted molar refractivity (Wildman–Crippen MR) is 191 cm³/mol. The molecule has 0 saturated carbocycles. The number of hydrogen-bond acceptors (Lipinski definition) is 1. The highest BCUT2D eigenvalue weighted by molar-refractivity contribution is 6.37. The quantitative estimate of drug-likeness (QED) is 0.195. The number of aromatic nitrogens is 1. The van der Waals surface area contributed by atoms with Gasteiger partial charge in [0.15, 0.2) is 0 Å². The van der Waals surface area contributed by atoms with Crippen molar-refractivity contribution in [3.8, 4) is 22.6 Å². The second kappa shape index (κ2) is 9.73. The molecule has 222 valence electrons. The topological polar surface area (TPSA) is 14.2 Å². The molecule has 1 atom stereocenters. The highest BCUT2D eigenvalue weighted by atomic mass is 35.5. The van der Waals surface area contributed by atoms with E-state index in [-0.39, 0.29) is 10.8 Å². The third-order valence-corrected chi connectivity index (χ3v) is 10.3. The number of fused-ring (bicyclic) bond motifs is 7. The normalized spacial score (nSPS) is 16.0. The van der Waals surface area contributed by atoms with Gasteiger partial charge < -0.3 is 9.30 Å². The zero-order valence-corrected chi connectivity index (χ0v) is 27.4. The minimum atomic E-state index is -0.255. The van der Waals surface area contributed by atoms with Crippen LogP contribution in [0.3, 0.4) is 0 Å². The van der Waals surface area contributed by atoms with E-state index in [2.05, 4.69) is 136 Å². The van der Waals surface area contributed by atoms with E-state index in [4.69, 9.17) is 16.3 Å². The summed E-state index contributed by atoms with van der Waals surface area (Å²) in [5.74, 6) is 0.828. The van der Waals surface area contributed by atoms with Crippen molar-refractivity contribution >= 4 is 44.2 Å². The maximum atomic E-state index is 7.03. The monoisotopic (exact) mass is 605 g/mol. The zero-order valence-electron chi connectivity index (χ0n) is 26.6. The van der Waals surface area contributed by atoms with Crippen LogP contribution in [0.5, 0.6) is 5.75 Å². The first kappa shape index (κ1) is 28.0. The van der Waals surface area contributed by atoms with E-state index < -0.39 is 0 Å². The van der Waals surface area contributed by atoms with Crippen molar-refractivity contribution in [3.63, 3.8) is 0 Å². The maximum absolute atomic E-state index is 7.03. The van der Waals surface area contributed by atoms with Crippen LogP contribution in [0.25, 0.3) is 49.4 Å². The van der Waals surface area contributed by atoms with Gasteiger partial charge in [-0.15, -0.1) is 0 Å². The zero-order chi connectivity index (χ0) is 31.2. The Balaban J connectivity index is 1.41. The molecule has 1 unspecified atom stereocenters. The van der Waals surface area contributed by atoms with E-state index in [9.17, 15) is 0 Å². The summed E-state index contributed by atoms with van der Waals surface area (Å²) in [4.78, 5) is 0. The molecule has 1 aliphatic carbocycles. The first-order chi connectivity index (χ1) is 21.6. The lowest BCUT2D eigenvalue weighted by molar-refractivity contribution is 0.420. The van der Waals surface area contributed by atoms with Crippen LogP contribution < -0.4 is 4.74 Å². The molecule has 1 aliphatic rings. The van der Waals surface area contributed by atoms with E-state index in [0.29, 0.717) is 5.02 Å². The molecule has 0 aliphatic heterocycles. The van der Waals surface area contributed by atoms with Crippen molar-refractivity contribution in [3.05, 3.63) is 142 Å². The molecular weight excluding hydrogens is 570 g/mol. The molecule has 0 saturated heterocycles. The third kappa shape index (κ3) is 4.02. The fourth-order valence-corrected chi connectivity index (χ4v) is 7.82. The molecule has 2 nitrogen and oxygen atoms in total. The summed E-state index contributed by atoms with van der Waals surface area (Å²) in [5, 5.41) is 5.32. The van der Waals surface area contributed by atoms with Gasteiger partial charge >= 0.3 is 0 Å². The van der Waals surface area contributed by atoms with Gasteiger partial charge in [0.25, 0.3) is 0 Å². The summed E-state index contributed by atoms with van der Waals surface area (Å²) in [6, 6.07) is 40.2. The van der Waals surface area contributed by atoms with E-state index >= 15 is 0 Å². The lowest BCUT2D eigenvalue weighted by Crippen LogP contribution is -2.22. The van der Waals surface area contributed by atoms with Gasteiger partial charge in [-0.1, -0.05) is 98.6 Å². The molecule has 7 aromatic rings. The summed E-state index contributed by atoms with van der Waals surface area (Å²) in [5.41, 5.74) is 12.1. The fourth-order valence-electron chi connectivity index (χ4n) is 7.58. The summed E-state index contributed by atoms with van der Waals surface area (Å²) >= 11 is 7.03. The van der Waals surface area contributed by atoms with E-state index in [1.165, 1.54) is 49.7 Å². The fraction of sp³-hybridized carbons (Fsp3) is 0.190. The van der Waals surface area contributed by atoms with Crippen molar-refractivity contribution in [2.45, 2.75) is 45.4 Å². The Bertz CT molecular complexity index is 2320. The van der Waals surface area contributed by atoms with E-state index in [0.717, 1.165) is 33.2 Å². The number of rotatable bonds is 3. The average molecular weight is 606 g/mol. The van der Waals surface area contributed by atoms with Crippen molar-refractivity contribution in [2.75, 3.05) is 7.11 Å². The Labute approximate surface area is 269 Å². The van der Waals surface area contributed by atoms with E-state index in [1.54, 1.807) is 7.11 Å². The Morgan fingerprint density at radius 3 is 2.27 bits per heavy atom. The van der Waals surface area contributed by atoms with Gasteiger partial charge in [0, 0.05) is 16.5 Å². The van der Waals surface area contributed by atoms with Gasteiger partial charge in [0.1, 0.15) is 5.75 Å². The van der Waals surface area contributed by atoms with Gasteiger partial charge in [-0.25, -0.2) is 0 Å². The number of benzene rings is 6. The van der Waals surface area contributed by atoms with Crippen molar-refractivity contribution in [1.29, 1.82) is 0 Å². The molecule has 0 bridgehead atoms. The molecular formula is C42H36ClNO. The van der Waals surface area contributed by atoms with Crippen LogP contribution in [0.1, 0.15) is 55.5 Å². The molecule has 0 N–H and O–H groups in total. The van der Waals surface area contributed by atoms with Crippen LogP contribution in [0.15, 0.2) is 109 Å². The van der Waals surface area contributed by atoms with Crippen LogP contribution in [0.4, 0.5) is 0 Å². The average Bonchev–Trinajstić information content (AvgIpc) is 3.50. The number of methoxy groups -OCH3 is 1. The third-order valence-electron chi connectivity index (χ3n) is 10.0. The van der Waals surface area contributed by atoms with Crippen LogP contribution in [-0.4, -0.2) is 11.7 Å². The van der Waals surface area contributed by atoms with E-state index in [1.807, 2.05) is 12.1 Å². The van der Waals surface area contributed by atoms with Gasteiger partial charge in [-0.2, -0.15) is 0 Å². The van der Waals surface area contributed by atoms with Crippen LogP contribution in [0.2, 0.25) is 5.02 Å². The summed E-state index contributed by atoms with van der Waals surface area (Å²) in [7, 11) is 1.74. The molecule has 0 fully saturated rings. The maximum Gasteiger partial charge on any atom is 0.128 e. The molecule has 1 heterocycles. The van der Waals surface area contributed by atoms with Crippen molar-refractivity contribution < 1.29 is 4.74 Å². The largest absolute Gasteiger partial charge is 0.496 e. The number of halogens is 1. The van der Waals surface area contributed by atoms with Gasteiger partial charge in [0.05, 0.1) is 28.6 Å². The second-order valence-electron chi connectivity index (χ2n) is 13.8. The molecule has 45 heavy (non-hydrogen) atoms. The number of aryl methyl sites for hydroxylation is 1. The van der Waals surface area contributed by atoms with Crippen LogP contribution in [-0.2, 0) is 10.8 Å². The Morgan fingerprint density at radius 2 is 1.51 bits per heavy atom. The molecule has 3 heteroatoms. The first-order valence-corrected chi connectivity index (χ1v) is 16.0. The van der Waals surface area contributed by atoms with Gasteiger partial charge in [0.2, 0.25) is 0 Å². The molecule has 0 amide bonds. The Hall–Kier alpha value is -4.53. The lowest BCUT2D eigenvalue weighted by atomic mass is 9.74.